The smallest absolute Gasteiger partial charge is 0.338 e. The molecule has 1 aromatic carbocycles. The molecule has 0 heterocycles. The van der Waals surface area contributed by atoms with Gasteiger partial charge in [-0.05, 0) is 56.4 Å². The van der Waals surface area contributed by atoms with Crippen molar-refractivity contribution in [2.24, 2.45) is 0 Å². The zero-order chi connectivity index (χ0) is 20.5. The van der Waals surface area contributed by atoms with Gasteiger partial charge in [0.2, 0.25) is 0 Å². The van der Waals surface area contributed by atoms with Gasteiger partial charge in [-0.1, -0.05) is 39.2 Å². The van der Waals surface area contributed by atoms with E-state index in [1.54, 1.807) is 24.3 Å². The molecule has 1 rings (SSSR count). The van der Waals surface area contributed by atoms with Crippen molar-refractivity contribution >= 4 is 11.9 Å². The Morgan fingerprint density at radius 2 is 1.39 bits per heavy atom. The molecule has 156 valence electrons. The Hall–Kier alpha value is -2.30. The second-order valence-corrected chi connectivity index (χ2v) is 6.71. The monoisotopic (exact) mass is 390 g/mol. The average Bonchev–Trinajstić information content (AvgIpc) is 2.72. The Labute approximate surface area is 169 Å². The summed E-state index contributed by atoms with van der Waals surface area (Å²) in [5.41, 5.74) is 0.551. The van der Waals surface area contributed by atoms with Gasteiger partial charge in [0.1, 0.15) is 5.75 Å². The van der Waals surface area contributed by atoms with Gasteiger partial charge in [0, 0.05) is 6.08 Å². The number of carbonyl (C=O) groups excluding carboxylic acids is 2. The predicted molar refractivity (Wildman–Crippen MR) is 111 cm³/mol. The first-order chi connectivity index (χ1) is 13.7. The molecule has 0 fully saturated rings. The Morgan fingerprint density at radius 1 is 0.821 bits per heavy atom. The second-order valence-electron chi connectivity index (χ2n) is 6.71. The van der Waals surface area contributed by atoms with Crippen molar-refractivity contribution < 1.29 is 23.8 Å². The fourth-order valence-electron chi connectivity index (χ4n) is 2.62. The third kappa shape index (κ3) is 11.4. The summed E-state index contributed by atoms with van der Waals surface area (Å²) in [5.74, 6) is 0.0952. The lowest BCUT2D eigenvalue weighted by molar-refractivity contribution is -0.137. The lowest BCUT2D eigenvalue weighted by atomic mass is 10.2. The highest BCUT2D eigenvalue weighted by molar-refractivity contribution is 5.89. The molecule has 0 N–H and O–H groups in total. The van der Waals surface area contributed by atoms with Crippen LogP contribution in [0.2, 0.25) is 0 Å². The van der Waals surface area contributed by atoms with Crippen LogP contribution in [0.1, 0.15) is 75.1 Å². The van der Waals surface area contributed by atoms with Crippen LogP contribution in [0, 0.1) is 0 Å². The fourth-order valence-corrected chi connectivity index (χ4v) is 2.62. The second kappa shape index (κ2) is 15.7. The van der Waals surface area contributed by atoms with Gasteiger partial charge in [-0.2, -0.15) is 0 Å². The van der Waals surface area contributed by atoms with Crippen LogP contribution in [0.3, 0.4) is 0 Å². The summed E-state index contributed by atoms with van der Waals surface area (Å²) < 4.78 is 15.9. The Morgan fingerprint density at radius 3 is 2.00 bits per heavy atom. The lowest BCUT2D eigenvalue weighted by Crippen LogP contribution is -2.06. The number of benzene rings is 1. The van der Waals surface area contributed by atoms with Crippen molar-refractivity contribution in [2.45, 2.75) is 64.7 Å². The van der Waals surface area contributed by atoms with E-state index in [1.165, 1.54) is 25.3 Å². The van der Waals surface area contributed by atoms with Crippen molar-refractivity contribution in [1.82, 2.24) is 0 Å². The number of esters is 2. The normalized spacial score (nSPS) is 10.3. The molecule has 0 radical (unpaired) electrons. The van der Waals surface area contributed by atoms with E-state index < -0.39 is 0 Å². The third-order valence-electron chi connectivity index (χ3n) is 4.29. The first-order valence-electron chi connectivity index (χ1n) is 10.4. The molecule has 0 aliphatic heterocycles. The largest absolute Gasteiger partial charge is 0.494 e. The van der Waals surface area contributed by atoms with Crippen LogP contribution < -0.4 is 4.74 Å². The standard InChI is InChI=1S/C23H34O5/c1-3-5-6-7-12-19-28-23(25)20-13-15-21(16-14-20)26-17-10-8-9-11-18-27-22(24)4-2/h4,13-16H,2-3,5-12,17-19H2,1H3. The number of hydrogen-bond acceptors (Lipinski definition) is 5. The fraction of sp³-hybridized carbons (Fsp3) is 0.565. The van der Waals surface area contributed by atoms with Gasteiger partial charge in [0.25, 0.3) is 0 Å². The molecule has 0 unspecified atom stereocenters. The van der Waals surface area contributed by atoms with Crippen LogP contribution in [0.25, 0.3) is 0 Å². The summed E-state index contributed by atoms with van der Waals surface area (Å²) in [5, 5.41) is 0. The Kier molecular flexibility index (Phi) is 13.3. The van der Waals surface area contributed by atoms with E-state index in [0.29, 0.717) is 25.4 Å². The van der Waals surface area contributed by atoms with Crippen LogP contribution >= 0.6 is 0 Å². The quantitative estimate of drug-likeness (QED) is 0.212. The summed E-state index contributed by atoms with van der Waals surface area (Å²) in [6.07, 6.45) is 10.6. The number of hydrogen-bond donors (Lipinski definition) is 0. The van der Waals surface area contributed by atoms with Gasteiger partial charge in [0.15, 0.2) is 0 Å². The van der Waals surface area contributed by atoms with Crippen LogP contribution in [-0.2, 0) is 14.3 Å². The number of carbonyl (C=O) groups is 2. The van der Waals surface area contributed by atoms with Gasteiger partial charge >= 0.3 is 11.9 Å². The molecule has 5 nitrogen and oxygen atoms in total. The molecule has 1 aromatic rings. The Bertz CT molecular complexity index is 565. The maximum absolute atomic E-state index is 12.0. The minimum atomic E-state index is -0.373. The molecular formula is C23H34O5. The topological polar surface area (TPSA) is 61.8 Å². The maximum atomic E-state index is 12.0. The van der Waals surface area contributed by atoms with Gasteiger partial charge in [-0.25, -0.2) is 9.59 Å². The Balaban J connectivity index is 2.10. The van der Waals surface area contributed by atoms with Gasteiger partial charge in [-0.15, -0.1) is 0 Å². The van der Waals surface area contributed by atoms with Crippen molar-refractivity contribution in [1.29, 1.82) is 0 Å². The molecule has 0 aliphatic rings. The summed E-state index contributed by atoms with van der Waals surface area (Å²) in [6, 6.07) is 7.07. The molecule has 0 saturated heterocycles. The van der Waals surface area contributed by atoms with E-state index in [9.17, 15) is 9.59 Å². The zero-order valence-corrected chi connectivity index (χ0v) is 17.1. The molecule has 0 atom stereocenters. The lowest BCUT2D eigenvalue weighted by Gasteiger charge is -2.08. The molecule has 5 heteroatoms. The van der Waals surface area contributed by atoms with Gasteiger partial charge in [-0.3, -0.25) is 0 Å². The highest BCUT2D eigenvalue weighted by Gasteiger charge is 2.07. The van der Waals surface area contributed by atoms with Crippen LogP contribution in [0.15, 0.2) is 36.9 Å². The summed E-state index contributed by atoms with van der Waals surface area (Å²) in [7, 11) is 0. The first kappa shape index (κ1) is 23.7. The molecule has 0 aliphatic carbocycles. The minimum absolute atomic E-state index is 0.279. The predicted octanol–water partition coefficient (Wildman–Crippen LogP) is 5.48. The number of rotatable bonds is 16. The van der Waals surface area contributed by atoms with E-state index in [4.69, 9.17) is 14.2 Å². The number of ether oxygens (including phenoxy) is 3. The molecule has 0 saturated carbocycles. The van der Waals surface area contributed by atoms with Gasteiger partial charge in [0.05, 0.1) is 25.4 Å². The minimum Gasteiger partial charge on any atom is -0.494 e. The molecule has 0 spiro atoms. The van der Waals surface area contributed by atoms with Crippen molar-refractivity contribution in [3.05, 3.63) is 42.5 Å². The molecule has 0 aromatic heterocycles. The number of unbranched alkanes of at least 4 members (excludes halogenated alkanes) is 7. The van der Waals surface area contributed by atoms with Gasteiger partial charge < -0.3 is 14.2 Å². The maximum Gasteiger partial charge on any atom is 0.338 e. The third-order valence-corrected chi connectivity index (χ3v) is 4.29. The van der Waals surface area contributed by atoms with E-state index in [2.05, 4.69) is 13.5 Å². The summed E-state index contributed by atoms with van der Waals surface area (Å²) in [4.78, 5) is 22.9. The SMILES string of the molecule is C=CC(=O)OCCCCCCOc1ccc(C(=O)OCCCCCCC)cc1. The van der Waals surface area contributed by atoms with Crippen LogP contribution in [0.5, 0.6) is 5.75 Å². The molecule has 0 bridgehead atoms. The molecule has 28 heavy (non-hydrogen) atoms. The summed E-state index contributed by atoms with van der Waals surface area (Å²) in [6.45, 7) is 7.06. The zero-order valence-electron chi connectivity index (χ0n) is 17.1. The van der Waals surface area contributed by atoms with E-state index in [-0.39, 0.29) is 11.9 Å². The van der Waals surface area contributed by atoms with Crippen LogP contribution in [-0.4, -0.2) is 31.8 Å². The van der Waals surface area contributed by atoms with E-state index in [0.717, 1.165) is 44.3 Å². The average molecular weight is 391 g/mol. The highest BCUT2D eigenvalue weighted by Crippen LogP contribution is 2.14. The highest BCUT2D eigenvalue weighted by atomic mass is 16.5. The first-order valence-corrected chi connectivity index (χ1v) is 10.4. The van der Waals surface area contributed by atoms with Crippen LogP contribution in [0.4, 0.5) is 0 Å². The molecule has 0 amide bonds. The molecular weight excluding hydrogens is 356 g/mol. The van der Waals surface area contributed by atoms with Crippen molar-refractivity contribution in [3.63, 3.8) is 0 Å². The van der Waals surface area contributed by atoms with Crippen molar-refractivity contribution in [3.8, 4) is 5.75 Å². The van der Waals surface area contributed by atoms with E-state index >= 15 is 0 Å². The van der Waals surface area contributed by atoms with E-state index in [1.807, 2.05) is 0 Å². The van der Waals surface area contributed by atoms with Crippen molar-refractivity contribution in [2.75, 3.05) is 19.8 Å². The summed E-state index contributed by atoms with van der Waals surface area (Å²) >= 11 is 0.